The Morgan fingerprint density at radius 1 is 1.33 bits per heavy atom. The molecule has 0 bridgehead atoms. The quantitative estimate of drug-likeness (QED) is 0.722. The third-order valence-electron chi connectivity index (χ3n) is 2.59. The van der Waals surface area contributed by atoms with Crippen LogP contribution in [0.5, 0.6) is 5.88 Å². The number of hydrogen-bond donors (Lipinski definition) is 2. The zero-order valence-corrected chi connectivity index (χ0v) is 8.92. The molecule has 15 heavy (non-hydrogen) atoms. The first-order valence-corrected chi connectivity index (χ1v) is 5.99. The minimum atomic E-state index is 0.259. The molecule has 3 nitrogen and oxygen atoms in total. The number of nitrogens with one attached hydrogen (secondary N) is 1. The fourth-order valence-corrected chi connectivity index (χ4v) is 2.73. The molecule has 4 heteroatoms. The van der Waals surface area contributed by atoms with Gasteiger partial charge in [-0.25, -0.2) is 0 Å². The second kappa shape index (κ2) is 3.31. The van der Waals surface area contributed by atoms with Gasteiger partial charge < -0.3 is 10.1 Å². The highest BCUT2D eigenvalue weighted by Gasteiger charge is 2.24. The predicted molar refractivity (Wildman–Crippen MR) is 63.3 cm³/mol. The fraction of sp³-hybridized carbons (Fsp3) is 0.182. The van der Waals surface area contributed by atoms with Crippen molar-refractivity contribution in [1.29, 1.82) is 0 Å². The third kappa shape index (κ3) is 1.33. The van der Waals surface area contributed by atoms with E-state index in [1.54, 1.807) is 0 Å². The van der Waals surface area contributed by atoms with Gasteiger partial charge in [0.25, 0.3) is 11.6 Å². The molecule has 0 spiro atoms. The van der Waals surface area contributed by atoms with Crippen LogP contribution in [-0.4, -0.2) is 32.5 Å². The van der Waals surface area contributed by atoms with Crippen molar-refractivity contribution >= 4 is 34.6 Å². The topological polar surface area (TPSA) is 39.0 Å². The van der Waals surface area contributed by atoms with E-state index in [0.717, 1.165) is 28.2 Å². The standard InChI is InChI=1S/C11H10N2OS/c14-11-10(13-5-6-15-7-13)8-3-1-2-4-9(8)12-11/h1-5,12H,6-7H2/p+1. The Morgan fingerprint density at radius 2 is 2.20 bits per heavy atom. The van der Waals surface area contributed by atoms with Crippen LogP contribution < -0.4 is 0 Å². The molecule has 0 saturated heterocycles. The van der Waals surface area contributed by atoms with Gasteiger partial charge >= 0.3 is 0 Å². The molecule has 0 unspecified atom stereocenters. The molecule has 1 aliphatic rings. The summed E-state index contributed by atoms with van der Waals surface area (Å²) in [7, 11) is 0. The van der Waals surface area contributed by atoms with E-state index in [2.05, 4.69) is 15.8 Å². The fourth-order valence-electron chi connectivity index (χ4n) is 1.91. The zero-order chi connectivity index (χ0) is 10.3. The zero-order valence-electron chi connectivity index (χ0n) is 8.10. The van der Waals surface area contributed by atoms with Crippen molar-refractivity contribution in [3.8, 4) is 5.88 Å². The first kappa shape index (κ1) is 8.85. The van der Waals surface area contributed by atoms with Crippen molar-refractivity contribution in [2.24, 2.45) is 0 Å². The lowest BCUT2D eigenvalue weighted by Crippen LogP contribution is -1.98. The van der Waals surface area contributed by atoms with Gasteiger partial charge in [0.05, 0.1) is 16.7 Å². The van der Waals surface area contributed by atoms with Gasteiger partial charge in [0, 0.05) is 0 Å². The van der Waals surface area contributed by atoms with E-state index in [1.165, 1.54) is 0 Å². The number of benzene rings is 1. The second-order valence-electron chi connectivity index (χ2n) is 3.52. The average Bonchev–Trinajstić information content (AvgIpc) is 2.82. The van der Waals surface area contributed by atoms with E-state index in [1.807, 2.05) is 36.0 Å². The molecule has 1 aromatic heterocycles. The minimum Gasteiger partial charge on any atom is -0.490 e. The van der Waals surface area contributed by atoms with Gasteiger partial charge in [0.1, 0.15) is 0 Å². The predicted octanol–water partition coefficient (Wildman–Crippen LogP) is 2.29. The molecular formula is C11H11N2OS+. The third-order valence-corrected chi connectivity index (χ3v) is 3.44. The van der Waals surface area contributed by atoms with Gasteiger partial charge in [0.15, 0.2) is 12.1 Å². The SMILES string of the molecule is Oc1[nH]c2ccccc2c1[N+]1=CCSC1. The molecule has 0 radical (unpaired) electrons. The van der Waals surface area contributed by atoms with E-state index >= 15 is 0 Å². The van der Waals surface area contributed by atoms with Crippen LogP contribution in [0, 0.1) is 0 Å². The summed E-state index contributed by atoms with van der Waals surface area (Å²) in [5, 5.41) is 10.9. The monoisotopic (exact) mass is 219 g/mol. The average molecular weight is 219 g/mol. The molecule has 2 aromatic rings. The highest BCUT2D eigenvalue weighted by atomic mass is 32.2. The van der Waals surface area contributed by atoms with Crippen molar-refractivity contribution < 1.29 is 9.68 Å². The molecule has 0 saturated carbocycles. The molecule has 76 valence electrons. The summed E-state index contributed by atoms with van der Waals surface area (Å²) < 4.78 is 2.10. The van der Waals surface area contributed by atoms with Crippen LogP contribution in [0.25, 0.3) is 10.9 Å². The molecular weight excluding hydrogens is 208 g/mol. The first-order chi connectivity index (χ1) is 7.36. The lowest BCUT2D eigenvalue weighted by Gasteiger charge is -1.94. The lowest BCUT2D eigenvalue weighted by molar-refractivity contribution is -0.407. The summed E-state index contributed by atoms with van der Waals surface area (Å²) in [6, 6.07) is 7.95. The normalized spacial score (nSPS) is 15.9. The van der Waals surface area contributed by atoms with E-state index in [9.17, 15) is 5.11 Å². The van der Waals surface area contributed by atoms with Crippen LogP contribution in [0.4, 0.5) is 5.69 Å². The summed E-state index contributed by atoms with van der Waals surface area (Å²) in [6.45, 7) is 0. The molecule has 0 fully saturated rings. The Kier molecular flexibility index (Phi) is 1.95. The Balaban J connectivity index is 2.28. The Bertz CT molecular complexity index is 545. The number of rotatable bonds is 1. The summed E-state index contributed by atoms with van der Waals surface area (Å²) in [5.74, 6) is 2.18. The maximum absolute atomic E-state index is 9.87. The number of para-hydroxylation sites is 1. The molecule has 0 amide bonds. The number of aromatic amines is 1. The minimum absolute atomic E-state index is 0.259. The van der Waals surface area contributed by atoms with Crippen molar-refractivity contribution in [2.45, 2.75) is 0 Å². The van der Waals surface area contributed by atoms with Crippen LogP contribution in [0.1, 0.15) is 0 Å². The molecule has 2 heterocycles. The Morgan fingerprint density at radius 3 is 3.00 bits per heavy atom. The molecule has 1 aromatic carbocycles. The summed E-state index contributed by atoms with van der Waals surface area (Å²) in [4.78, 5) is 2.99. The van der Waals surface area contributed by atoms with Gasteiger partial charge in [-0.15, -0.1) is 0 Å². The van der Waals surface area contributed by atoms with Gasteiger partial charge in [-0.1, -0.05) is 23.9 Å². The number of thioether (sulfide) groups is 1. The van der Waals surface area contributed by atoms with Gasteiger partial charge in [-0.05, 0) is 12.1 Å². The molecule has 0 aliphatic carbocycles. The highest BCUT2D eigenvalue weighted by Crippen LogP contribution is 2.36. The maximum atomic E-state index is 9.87. The van der Waals surface area contributed by atoms with Crippen molar-refractivity contribution in [3.05, 3.63) is 24.3 Å². The summed E-state index contributed by atoms with van der Waals surface area (Å²) in [5.41, 5.74) is 1.88. The van der Waals surface area contributed by atoms with E-state index in [4.69, 9.17) is 0 Å². The number of aromatic hydroxyl groups is 1. The second-order valence-corrected chi connectivity index (χ2v) is 4.52. The Hall–Kier alpha value is -1.42. The number of H-pyrrole nitrogens is 1. The molecule has 3 rings (SSSR count). The van der Waals surface area contributed by atoms with Gasteiger partial charge in [-0.2, -0.15) is 4.58 Å². The number of fused-ring (bicyclic) bond motifs is 1. The van der Waals surface area contributed by atoms with Crippen LogP contribution in [0.2, 0.25) is 0 Å². The highest BCUT2D eigenvalue weighted by molar-refractivity contribution is 7.99. The van der Waals surface area contributed by atoms with E-state index < -0.39 is 0 Å². The molecule has 2 N–H and O–H groups in total. The van der Waals surface area contributed by atoms with Crippen LogP contribution in [0.3, 0.4) is 0 Å². The van der Waals surface area contributed by atoms with Crippen molar-refractivity contribution in [3.63, 3.8) is 0 Å². The van der Waals surface area contributed by atoms with E-state index in [0.29, 0.717) is 0 Å². The molecule has 0 atom stereocenters. The summed E-state index contributed by atoms with van der Waals surface area (Å²) in [6.07, 6.45) is 2.11. The summed E-state index contributed by atoms with van der Waals surface area (Å²) >= 11 is 1.84. The smallest absolute Gasteiger partial charge is 0.275 e. The first-order valence-electron chi connectivity index (χ1n) is 4.83. The van der Waals surface area contributed by atoms with Crippen LogP contribution in [-0.2, 0) is 0 Å². The number of hydrogen-bond acceptors (Lipinski definition) is 2. The Labute approximate surface area is 91.4 Å². The van der Waals surface area contributed by atoms with Crippen molar-refractivity contribution in [1.82, 2.24) is 4.98 Å². The number of aromatic nitrogens is 1. The lowest BCUT2D eigenvalue weighted by atomic mass is 10.2. The van der Waals surface area contributed by atoms with Crippen molar-refractivity contribution in [2.75, 3.05) is 11.6 Å². The largest absolute Gasteiger partial charge is 0.490 e. The molecule has 1 aliphatic heterocycles. The van der Waals surface area contributed by atoms with E-state index in [-0.39, 0.29) is 5.88 Å². The van der Waals surface area contributed by atoms with Crippen LogP contribution in [0.15, 0.2) is 24.3 Å². The van der Waals surface area contributed by atoms with Gasteiger partial charge in [-0.3, -0.25) is 0 Å². The van der Waals surface area contributed by atoms with Gasteiger partial charge in [0.2, 0.25) is 0 Å². The maximum Gasteiger partial charge on any atom is 0.275 e. The van der Waals surface area contributed by atoms with Crippen LogP contribution >= 0.6 is 11.8 Å². The number of nitrogens with zero attached hydrogens (tertiary/aromatic N) is 1.